The van der Waals surface area contributed by atoms with Gasteiger partial charge < -0.3 is 0 Å². The molecule has 0 fully saturated rings. The Morgan fingerprint density at radius 3 is 2.11 bits per heavy atom. The normalized spacial score (nSPS) is 19.2. The molecule has 1 aliphatic heterocycles. The van der Waals surface area contributed by atoms with Crippen LogP contribution in [-0.4, -0.2) is 11.5 Å². The Morgan fingerprint density at radius 2 is 1.33 bits per heavy atom. The lowest BCUT2D eigenvalue weighted by Crippen LogP contribution is -2.30. The van der Waals surface area contributed by atoms with Gasteiger partial charge in [0.25, 0.3) is 0 Å². The van der Waals surface area contributed by atoms with Crippen molar-refractivity contribution in [2.75, 3.05) is 0 Å². The van der Waals surface area contributed by atoms with Crippen molar-refractivity contribution in [3.05, 3.63) is 233 Å². The van der Waals surface area contributed by atoms with Crippen molar-refractivity contribution in [3.63, 3.8) is 0 Å². The first-order valence-electron chi connectivity index (χ1n) is 22.9. The second-order valence-electron chi connectivity index (χ2n) is 18.0. The van der Waals surface area contributed by atoms with Gasteiger partial charge in [-0.2, -0.15) is 0 Å². The number of aryl methyl sites for hydroxylation is 1. The molecule has 0 aromatic heterocycles. The molecule has 0 spiro atoms. The molecular formula is C62H54N2. The molecular weight excluding hydrogens is 773 g/mol. The van der Waals surface area contributed by atoms with Crippen molar-refractivity contribution < 1.29 is 0 Å². The highest BCUT2D eigenvalue weighted by Crippen LogP contribution is 2.52. The van der Waals surface area contributed by atoms with E-state index < -0.39 is 0 Å². The Labute approximate surface area is 377 Å². The minimum atomic E-state index is -0.289. The molecule has 2 atom stereocenters. The van der Waals surface area contributed by atoms with E-state index in [1.54, 1.807) is 0 Å². The lowest BCUT2D eigenvalue weighted by Gasteiger charge is -2.37. The van der Waals surface area contributed by atoms with Crippen LogP contribution in [-0.2, 0) is 6.42 Å². The third kappa shape index (κ3) is 8.01. The highest BCUT2D eigenvalue weighted by Gasteiger charge is 2.38. The Hall–Kier alpha value is -7.16. The summed E-state index contributed by atoms with van der Waals surface area (Å²) < 4.78 is 0. The smallest absolute Gasteiger partial charge is 0.156 e. The summed E-state index contributed by atoms with van der Waals surface area (Å²) in [6, 6.07) is 61.8. The maximum absolute atomic E-state index is 5.68. The van der Waals surface area contributed by atoms with Crippen LogP contribution < -0.4 is 10.4 Å². The fourth-order valence-corrected chi connectivity index (χ4v) is 10.3. The van der Waals surface area contributed by atoms with Crippen molar-refractivity contribution in [1.82, 2.24) is 0 Å². The van der Waals surface area contributed by atoms with Crippen molar-refractivity contribution in [2.24, 2.45) is 15.4 Å². The third-order valence-corrected chi connectivity index (χ3v) is 13.7. The van der Waals surface area contributed by atoms with Gasteiger partial charge in [-0.15, -0.1) is 0 Å². The predicted molar refractivity (Wildman–Crippen MR) is 275 cm³/mol. The molecule has 1 heterocycles. The topological polar surface area (TPSA) is 24.7 Å². The fourth-order valence-electron chi connectivity index (χ4n) is 10.3. The van der Waals surface area contributed by atoms with Gasteiger partial charge >= 0.3 is 0 Å². The number of hydrogen-bond acceptors (Lipinski definition) is 2. The second kappa shape index (κ2) is 17.5. The highest BCUT2D eigenvalue weighted by molar-refractivity contribution is 6.24. The molecule has 0 saturated heterocycles. The van der Waals surface area contributed by atoms with Crippen molar-refractivity contribution in [3.8, 4) is 11.1 Å². The van der Waals surface area contributed by atoms with E-state index in [0.29, 0.717) is 0 Å². The Kier molecular flexibility index (Phi) is 11.2. The second-order valence-corrected chi connectivity index (χ2v) is 18.0. The Morgan fingerprint density at radius 1 is 0.656 bits per heavy atom. The molecule has 0 radical (unpaired) electrons. The van der Waals surface area contributed by atoms with Gasteiger partial charge in [0.15, 0.2) is 5.84 Å². The average Bonchev–Trinajstić information content (AvgIpc) is 3.48. The molecule has 0 bridgehead atoms. The quantitative estimate of drug-likeness (QED) is 0.130. The molecule has 10 rings (SSSR count). The number of benzene rings is 8. The van der Waals surface area contributed by atoms with E-state index in [-0.39, 0.29) is 11.3 Å². The summed E-state index contributed by atoms with van der Waals surface area (Å²) in [6.45, 7) is 13.6. The van der Waals surface area contributed by atoms with Crippen LogP contribution in [0.15, 0.2) is 210 Å². The molecule has 312 valence electrons. The molecule has 0 saturated carbocycles. The zero-order chi connectivity index (χ0) is 43.6. The first-order valence-corrected chi connectivity index (χ1v) is 22.9. The van der Waals surface area contributed by atoms with Crippen LogP contribution in [0, 0.1) is 5.41 Å². The lowest BCUT2D eigenvalue weighted by molar-refractivity contribution is 0.302. The minimum Gasteiger partial charge on any atom is -0.233 e. The van der Waals surface area contributed by atoms with Crippen LogP contribution in [0.25, 0.3) is 61.3 Å². The zero-order valence-electron chi connectivity index (χ0n) is 37.0. The number of rotatable bonds is 9. The Balaban J connectivity index is 1.16. The third-order valence-electron chi connectivity index (χ3n) is 13.7. The average molecular weight is 827 g/mol. The lowest BCUT2D eigenvalue weighted by atomic mass is 9.66. The number of amidine groups is 1. The molecule has 2 unspecified atom stereocenters. The first-order chi connectivity index (χ1) is 31.3. The molecule has 2 nitrogen and oxygen atoms in total. The monoisotopic (exact) mass is 826 g/mol. The standard InChI is InChI=1S/C62H54N2/c1-42(2)36-38-62(4,57-35-33-49-40-47-23-9-10-24-48(47)41-56(49)54-34-32-45-20-12-15-28-52(45)60(54)57)39-37-55(50-26-13-8-18-43(50)3)61-63-58(46-21-6-5-7-22-46)30-17-31-59(64-61)53-29-16-25-44-19-11-14-27-51(44)53/h5-16,18-29,31-32,34,36,38,40-41,57H,1,3,17,30,33,35,37,39H2,2,4H3/b38-36-,55-50?,59-31-,63-58+,64-61-. The van der Waals surface area contributed by atoms with Crippen LogP contribution in [0.5, 0.6) is 0 Å². The molecule has 2 aliphatic rings. The minimum absolute atomic E-state index is 0.199. The van der Waals surface area contributed by atoms with Gasteiger partial charge in [0.05, 0.1) is 11.4 Å². The number of allylic oxidation sites excluding steroid dienone is 4. The van der Waals surface area contributed by atoms with Gasteiger partial charge in [-0.25, -0.2) is 9.98 Å². The molecule has 8 aromatic rings. The maximum Gasteiger partial charge on any atom is 0.156 e. The van der Waals surface area contributed by atoms with E-state index in [1.807, 2.05) is 0 Å². The van der Waals surface area contributed by atoms with Crippen LogP contribution in [0.3, 0.4) is 0 Å². The fraction of sp³-hybridized carbons (Fsp3) is 0.161. The van der Waals surface area contributed by atoms with Gasteiger partial charge in [-0.05, 0) is 133 Å². The van der Waals surface area contributed by atoms with E-state index in [0.717, 1.165) is 88.5 Å². The predicted octanol–water partition coefficient (Wildman–Crippen LogP) is 14.7. The highest BCUT2D eigenvalue weighted by atomic mass is 14.9. The summed E-state index contributed by atoms with van der Waals surface area (Å²) in [4.78, 5) is 11.3. The van der Waals surface area contributed by atoms with Gasteiger partial charge in [0.2, 0.25) is 0 Å². The van der Waals surface area contributed by atoms with Gasteiger partial charge in [0.1, 0.15) is 0 Å². The van der Waals surface area contributed by atoms with E-state index in [4.69, 9.17) is 9.98 Å². The summed E-state index contributed by atoms with van der Waals surface area (Å²) in [5, 5.41) is 9.64. The van der Waals surface area contributed by atoms with Crippen LogP contribution >= 0.6 is 0 Å². The van der Waals surface area contributed by atoms with Gasteiger partial charge in [0, 0.05) is 11.1 Å². The summed E-state index contributed by atoms with van der Waals surface area (Å²) in [5.74, 6) is 0.954. The van der Waals surface area contributed by atoms with E-state index in [1.165, 1.54) is 54.6 Å². The van der Waals surface area contributed by atoms with Gasteiger partial charge in [-0.1, -0.05) is 208 Å². The molecule has 2 heteroatoms. The van der Waals surface area contributed by atoms with E-state index in [2.05, 4.69) is 215 Å². The largest absolute Gasteiger partial charge is 0.233 e. The number of aliphatic imine (C=N–C) groups is 2. The first kappa shape index (κ1) is 40.9. The molecule has 0 N–H and O–H groups in total. The molecule has 8 aromatic carbocycles. The number of hydrogen-bond donors (Lipinski definition) is 0. The zero-order valence-corrected chi connectivity index (χ0v) is 37.0. The summed E-state index contributed by atoms with van der Waals surface area (Å²) >= 11 is 0. The number of nitrogens with zero attached hydrogens (tertiary/aromatic N) is 2. The SMILES string of the molecule is C=C(C)/C=C\C(C)(CCC(C1=N/C(c2cccc3ccccc23)=C\CC/C(c2ccccc2)=N\1)=c1ccccc1=C)C1CCc2cc3ccccc3cc2-c2ccc3ccccc3c21. The van der Waals surface area contributed by atoms with Crippen molar-refractivity contribution in [2.45, 2.75) is 58.3 Å². The summed E-state index contributed by atoms with van der Waals surface area (Å²) in [7, 11) is 0. The van der Waals surface area contributed by atoms with Crippen LogP contribution in [0.1, 0.15) is 74.1 Å². The van der Waals surface area contributed by atoms with E-state index in [9.17, 15) is 0 Å². The Bertz CT molecular complexity index is 3340. The van der Waals surface area contributed by atoms with E-state index >= 15 is 0 Å². The maximum atomic E-state index is 5.68. The van der Waals surface area contributed by atoms with Crippen LogP contribution in [0.4, 0.5) is 0 Å². The number of fused-ring (bicyclic) bond motifs is 7. The summed E-state index contributed by atoms with van der Waals surface area (Å²) in [6.07, 6.45) is 12.3. The van der Waals surface area contributed by atoms with Crippen molar-refractivity contribution in [1.29, 1.82) is 0 Å². The molecule has 0 amide bonds. The summed E-state index contributed by atoms with van der Waals surface area (Å²) in [5.41, 5.74) is 11.7. The molecule has 1 aliphatic carbocycles. The van der Waals surface area contributed by atoms with Gasteiger partial charge in [-0.3, -0.25) is 0 Å². The van der Waals surface area contributed by atoms with Crippen LogP contribution in [0.2, 0.25) is 0 Å². The molecule has 64 heavy (non-hydrogen) atoms. The van der Waals surface area contributed by atoms with Crippen molar-refractivity contribution >= 4 is 61.7 Å².